The van der Waals surface area contributed by atoms with Crippen molar-refractivity contribution in [1.29, 1.82) is 0 Å². The molecule has 0 radical (unpaired) electrons. The first-order chi connectivity index (χ1) is 7.20. The fourth-order valence-corrected chi connectivity index (χ4v) is 2.00. The maximum atomic E-state index is 11.4. The van der Waals surface area contributed by atoms with Gasteiger partial charge in [0.05, 0.1) is 0 Å². The lowest BCUT2D eigenvalue weighted by Crippen LogP contribution is -2.13. The zero-order valence-corrected chi connectivity index (χ0v) is 9.10. The lowest BCUT2D eigenvalue weighted by atomic mass is 9.89. The summed E-state index contributed by atoms with van der Waals surface area (Å²) in [6, 6.07) is 0. The van der Waals surface area contributed by atoms with Crippen LogP contribution in [-0.4, -0.2) is 20.5 Å². The van der Waals surface area contributed by atoms with E-state index in [0.29, 0.717) is 12.3 Å². The van der Waals surface area contributed by atoms with Crippen LogP contribution in [0.25, 0.3) is 5.57 Å². The molecule has 0 fully saturated rings. The molecule has 80 valence electrons. The largest absolute Gasteiger partial charge is 0.295 e. The number of carbonyl (C=O) groups is 1. The van der Waals surface area contributed by atoms with Gasteiger partial charge in [-0.3, -0.25) is 4.79 Å². The zero-order chi connectivity index (χ0) is 10.8. The third kappa shape index (κ3) is 1.98. The van der Waals surface area contributed by atoms with Crippen LogP contribution in [0, 0.1) is 5.92 Å². The highest BCUT2D eigenvalue weighted by molar-refractivity contribution is 5.97. The number of aryl methyl sites for hydroxylation is 1. The first-order valence-electron chi connectivity index (χ1n) is 5.32. The molecule has 1 aliphatic rings. The van der Waals surface area contributed by atoms with Crippen molar-refractivity contribution in [2.24, 2.45) is 5.92 Å². The molecule has 0 saturated heterocycles. The van der Waals surface area contributed by atoms with Crippen LogP contribution in [0.4, 0.5) is 0 Å². The molecule has 1 aromatic heterocycles. The molecular weight excluding hydrogens is 190 g/mol. The minimum absolute atomic E-state index is 0.203. The van der Waals surface area contributed by atoms with Crippen LogP contribution in [-0.2, 0) is 11.3 Å². The Bertz CT molecular complexity index is 406. The van der Waals surface area contributed by atoms with Crippen molar-refractivity contribution in [3.05, 3.63) is 18.2 Å². The average molecular weight is 205 g/mol. The Kier molecular flexibility index (Phi) is 2.66. The molecule has 0 bridgehead atoms. The number of rotatable bonds is 2. The van der Waals surface area contributed by atoms with Gasteiger partial charge in [-0.2, -0.15) is 5.10 Å². The molecule has 0 aromatic carbocycles. The van der Waals surface area contributed by atoms with E-state index in [4.69, 9.17) is 0 Å². The molecule has 0 amide bonds. The van der Waals surface area contributed by atoms with E-state index in [0.717, 1.165) is 24.4 Å². The van der Waals surface area contributed by atoms with E-state index < -0.39 is 0 Å². The predicted molar refractivity (Wildman–Crippen MR) is 57.1 cm³/mol. The number of aromatic nitrogens is 3. The molecule has 15 heavy (non-hydrogen) atoms. The van der Waals surface area contributed by atoms with E-state index >= 15 is 0 Å². The van der Waals surface area contributed by atoms with Crippen LogP contribution in [0.15, 0.2) is 12.4 Å². The first-order valence-corrected chi connectivity index (χ1v) is 5.32. The molecule has 1 aliphatic carbocycles. The van der Waals surface area contributed by atoms with E-state index in [2.05, 4.69) is 17.0 Å². The molecule has 0 aliphatic heterocycles. The molecule has 0 saturated carbocycles. The van der Waals surface area contributed by atoms with Crippen LogP contribution in [0.5, 0.6) is 0 Å². The fraction of sp³-hybridized carbons (Fsp3) is 0.545. The van der Waals surface area contributed by atoms with Gasteiger partial charge in [-0.15, -0.1) is 0 Å². The van der Waals surface area contributed by atoms with Gasteiger partial charge < -0.3 is 0 Å². The van der Waals surface area contributed by atoms with Crippen molar-refractivity contribution < 1.29 is 4.79 Å². The second kappa shape index (κ2) is 3.96. The lowest BCUT2D eigenvalue weighted by molar-refractivity contribution is -0.115. The molecule has 0 spiro atoms. The summed E-state index contributed by atoms with van der Waals surface area (Å²) in [6.07, 6.45) is 4.84. The second-order valence-electron chi connectivity index (χ2n) is 4.05. The molecule has 1 atom stereocenters. The highest BCUT2D eigenvalue weighted by Gasteiger charge is 2.20. The van der Waals surface area contributed by atoms with Crippen molar-refractivity contribution in [2.45, 2.75) is 33.2 Å². The summed E-state index contributed by atoms with van der Waals surface area (Å²) in [5.41, 5.74) is 1.03. The van der Waals surface area contributed by atoms with E-state index in [1.807, 2.05) is 11.6 Å². The third-order valence-electron chi connectivity index (χ3n) is 2.66. The maximum absolute atomic E-state index is 11.4. The molecule has 1 unspecified atom stereocenters. The molecule has 0 N–H and O–H groups in total. The van der Waals surface area contributed by atoms with Crippen molar-refractivity contribution in [1.82, 2.24) is 14.8 Å². The van der Waals surface area contributed by atoms with Crippen molar-refractivity contribution in [3.63, 3.8) is 0 Å². The van der Waals surface area contributed by atoms with Crippen LogP contribution in [0.1, 0.15) is 32.5 Å². The minimum atomic E-state index is 0.203. The van der Waals surface area contributed by atoms with Gasteiger partial charge in [0.25, 0.3) is 0 Å². The van der Waals surface area contributed by atoms with Gasteiger partial charge in [0.2, 0.25) is 0 Å². The van der Waals surface area contributed by atoms with Crippen molar-refractivity contribution in [2.75, 3.05) is 0 Å². The molecule has 1 aromatic rings. The predicted octanol–water partition coefficient (Wildman–Crippen LogP) is 1.68. The summed E-state index contributed by atoms with van der Waals surface area (Å²) >= 11 is 0. The first kappa shape index (κ1) is 10.1. The Morgan fingerprint density at radius 2 is 2.33 bits per heavy atom. The third-order valence-corrected chi connectivity index (χ3v) is 2.66. The highest BCUT2D eigenvalue weighted by Crippen LogP contribution is 2.27. The van der Waals surface area contributed by atoms with Crippen LogP contribution in [0.2, 0.25) is 0 Å². The summed E-state index contributed by atoms with van der Waals surface area (Å²) in [7, 11) is 0. The number of ketones is 1. The standard InChI is InChI=1S/C11H15N3O/c1-3-14-11(12-7-13-14)9-4-8(2)5-10(15)6-9/h6-8H,3-5H2,1-2H3. The van der Waals surface area contributed by atoms with E-state index in [1.165, 1.54) is 0 Å². The monoisotopic (exact) mass is 205 g/mol. The second-order valence-corrected chi connectivity index (χ2v) is 4.05. The van der Waals surface area contributed by atoms with Gasteiger partial charge in [0.15, 0.2) is 11.6 Å². The Hall–Kier alpha value is -1.45. The van der Waals surface area contributed by atoms with Gasteiger partial charge in [-0.1, -0.05) is 6.92 Å². The van der Waals surface area contributed by atoms with E-state index in [-0.39, 0.29) is 5.78 Å². The number of hydrogen-bond acceptors (Lipinski definition) is 3. The Balaban J connectivity index is 2.34. The molecule has 2 rings (SSSR count). The van der Waals surface area contributed by atoms with E-state index in [1.54, 1.807) is 12.4 Å². The molecule has 4 heteroatoms. The number of hydrogen-bond donors (Lipinski definition) is 0. The van der Waals surface area contributed by atoms with Crippen molar-refractivity contribution >= 4 is 11.4 Å². The summed E-state index contributed by atoms with van der Waals surface area (Å²) in [5.74, 6) is 1.46. The van der Waals surface area contributed by atoms with Crippen LogP contribution >= 0.6 is 0 Å². The molecular formula is C11H15N3O. The quantitative estimate of drug-likeness (QED) is 0.738. The van der Waals surface area contributed by atoms with Gasteiger partial charge in [0, 0.05) is 18.5 Å². The topological polar surface area (TPSA) is 47.8 Å². The summed E-state index contributed by atoms with van der Waals surface area (Å²) < 4.78 is 1.83. The SMILES string of the molecule is CCn1ncnc1C1=CC(=O)CC(C)C1. The normalized spacial score (nSPS) is 21.6. The number of allylic oxidation sites excluding steroid dienone is 2. The van der Waals surface area contributed by atoms with Crippen LogP contribution < -0.4 is 0 Å². The smallest absolute Gasteiger partial charge is 0.156 e. The highest BCUT2D eigenvalue weighted by atomic mass is 16.1. The summed E-state index contributed by atoms with van der Waals surface area (Å²) in [5, 5.41) is 4.11. The van der Waals surface area contributed by atoms with Crippen molar-refractivity contribution in [3.8, 4) is 0 Å². The lowest BCUT2D eigenvalue weighted by Gasteiger charge is -2.17. The van der Waals surface area contributed by atoms with E-state index in [9.17, 15) is 4.79 Å². The summed E-state index contributed by atoms with van der Waals surface area (Å²) in [6.45, 7) is 4.90. The zero-order valence-electron chi connectivity index (χ0n) is 9.10. The Labute approximate surface area is 89.0 Å². The van der Waals surface area contributed by atoms with Gasteiger partial charge in [-0.25, -0.2) is 9.67 Å². The number of carbonyl (C=O) groups excluding carboxylic acids is 1. The van der Waals surface area contributed by atoms with Gasteiger partial charge in [-0.05, 0) is 25.3 Å². The summed E-state index contributed by atoms with van der Waals surface area (Å²) in [4.78, 5) is 15.7. The molecule has 4 nitrogen and oxygen atoms in total. The maximum Gasteiger partial charge on any atom is 0.156 e. The average Bonchev–Trinajstić information content (AvgIpc) is 2.63. The minimum Gasteiger partial charge on any atom is -0.295 e. The van der Waals surface area contributed by atoms with Gasteiger partial charge in [0.1, 0.15) is 6.33 Å². The Morgan fingerprint density at radius 1 is 1.53 bits per heavy atom. The van der Waals surface area contributed by atoms with Gasteiger partial charge >= 0.3 is 0 Å². The molecule has 1 heterocycles. The fourth-order valence-electron chi connectivity index (χ4n) is 2.00. The Morgan fingerprint density at radius 3 is 3.00 bits per heavy atom. The number of nitrogens with zero attached hydrogens (tertiary/aromatic N) is 3. The van der Waals surface area contributed by atoms with Crippen LogP contribution in [0.3, 0.4) is 0 Å².